The van der Waals surface area contributed by atoms with Crippen molar-refractivity contribution in [2.75, 3.05) is 32.9 Å². The molecule has 0 saturated carbocycles. The number of carboxylic acids is 2. The van der Waals surface area contributed by atoms with Crippen LogP contribution < -0.4 is 19.5 Å². The van der Waals surface area contributed by atoms with Gasteiger partial charge in [0.15, 0.2) is 23.0 Å². The number of ether oxygens (including phenoxy) is 4. The van der Waals surface area contributed by atoms with Crippen LogP contribution in [0.1, 0.15) is 5.56 Å². The predicted molar refractivity (Wildman–Crippen MR) is 131 cm³/mol. The second-order valence-corrected chi connectivity index (χ2v) is 8.13. The minimum Gasteiger partial charge on any atom is -0.503 e. The minimum atomic E-state index is -1.82. The third-order valence-corrected chi connectivity index (χ3v) is 5.59. The summed E-state index contributed by atoms with van der Waals surface area (Å²) in [6.07, 6.45) is 1.82. The van der Waals surface area contributed by atoms with Crippen molar-refractivity contribution in [3.63, 3.8) is 0 Å². The van der Waals surface area contributed by atoms with E-state index in [1.807, 2.05) is 30.5 Å². The number of halogens is 1. The lowest BCUT2D eigenvalue weighted by molar-refractivity contribution is -0.159. The van der Waals surface area contributed by atoms with Crippen LogP contribution in [0.15, 0.2) is 41.0 Å². The molecule has 3 aromatic rings. The molecule has 12 nitrogen and oxygen atoms in total. The van der Waals surface area contributed by atoms with Gasteiger partial charge in [-0.15, -0.1) is 0 Å². The molecule has 0 amide bonds. The van der Waals surface area contributed by atoms with Crippen LogP contribution in [0, 0.1) is 0 Å². The second-order valence-electron chi connectivity index (χ2n) is 7.27. The molecule has 0 aliphatic carbocycles. The van der Waals surface area contributed by atoms with Crippen LogP contribution in [0.4, 0.5) is 5.95 Å². The maximum Gasteiger partial charge on any atom is 0.414 e. The van der Waals surface area contributed by atoms with E-state index in [9.17, 15) is 5.11 Å². The summed E-state index contributed by atoms with van der Waals surface area (Å²) in [6.45, 7) is 1.91. The predicted octanol–water partition coefficient (Wildman–Crippen LogP) is 3.17. The van der Waals surface area contributed by atoms with Crippen molar-refractivity contribution < 1.29 is 43.9 Å². The van der Waals surface area contributed by atoms with Crippen LogP contribution in [0.3, 0.4) is 0 Å². The van der Waals surface area contributed by atoms with E-state index in [1.54, 1.807) is 13.2 Å². The maximum atomic E-state index is 10.0. The zero-order valence-corrected chi connectivity index (χ0v) is 20.9. The van der Waals surface area contributed by atoms with Crippen molar-refractivity contribution in [2.45, 2.75) is 13.1 Å². The van der Waals surface area contributed by atoms with Gasteiger partial charge in [0.2, 0.25) is 12.7 Å². The summed E-state index contributed by atoms with van der Waals surface area (Å²) >= 11 is 3.35. The van der Waals surface area contributed by atoms with Gasteiger partial charge in [-0.25, -0.2) is 14.6 Å². The lowest BCUT2D eigenvalue weighted by atomic mass is 10.1. The zero-order valence-electron chi connectivity index (χ0n) is 19.4. The first-order valence-corrected chi connectivity index (χ1v) is 11.2. The maximum absolute atomic E-state index is 10.0. The molecular weight excluding hydrogens is 542 g/mol. The van der Waals surface area contributed by atoms with Crippen LogP contribution in [-0.4, -0.2) is 64.4 Å². The SMILES string of the molecule is COCCn1c(-c2ccc3c(c2)OCO3)cnc1NCc1cc(Br)c(O)c(OC)c1.O=C(O)C(=O)O. The summed E-state index contributed by atoms with van der Waals surface area (Å²) in [6, 6.07) is 9.47. The molecule has 0 saturated heterocycles. The first kappa shape index (κ1) is 26.6. The van der Waals surface area contributed by atoms with E-state index < -0.39 is 11.9 Å². The average Bonchev–Trinajstić information content (AvgIpc) is 3.49. The van der Waals surface area contributed by atoms with Crippen molar-refractivity contribution in [3.8, 4) is 34.3 Å². The number of rotatable bonds is 8. The van der Waals surface area contributed by atoms with Gasteiger partial charge in [-0.3, -0.25) is 0 Å². The number of hydrogen-bond donors (Lipinski definition) is 4. The van der Waals surface area contributed by atoms with E-state index in [0.29, 0.717) is 35.9 Å². The Hall–Kier alpha value is -3.97. The summed E-state index contributed by atoms with van der Waals surface area (Å²) in [5, 5.41) is 28.1. The molecule has 0 atom stereocenters. The van der Waals surface area contributed by atoms with Gasteiger partial charge in [0, 0.05) is 25.8 Å². The Kier molecular flexibility index (Phi) is 8.97. The summed E-state index contributed by atoms with van der Waals surface area (Å²) < 4.78 is 24.1. The Bertz CT molecular complexity index is 1230. The molecule has 0 spiro atoms. The van der Waals surface area contributed by atoms with Crippen molar-refractivity contribution in [3.05, 3.63) is 46.6 Å². The van der Waals surface area contributed by atoms with E-state index in [2.05, 4.69) is 30.8 Å². The molecular formula is C23H24BrN3O9. The Morgan fingerprint density at radius 1 is 1.14 bits per heavy atom. The number of imidazole rings is 1. The fourth-order valence-electron chi connectivity index (χ4n) is 3.28. The van der Waals surface area contributed by atoms with Gasteiger partial charge < -0.3 is 44.2 Å². The highest BCUT2D eigenvalue weighted by molar-refractivity contribution is 9.10. The molecule has 36 heavy (non-hydrogen) atoms. The van der Waals surface area contributed by atoms with Gasteiger partial charge >= 0.3 is 11.9 Å². The van der Waals surface area contributed by atoms with Crippen LogP contribution in [-0.2, 0) is 27.4 Å². The van der Waals surface area contributed by atoms with E-state index >= 15 is 0 Å². The molecule has 2 aromatic carbocycles. The number of aromatic nitrogens is 2. The van der Waals surface area contributed by atoms with Crippen molar-refractivity contribution in [1.29, 1.82) is 0 Å². The third kappa shape index (κ3) is 6.37. The monoisotopic (exact) mass is 565 g/mol. The molecule has 4 N–H and O–H groups in total. The highest BCUT2D eigenvalue weighted by Gasteiger charge is 2.18. The molecule has 4 rings (SSSR count). The fraction of sp³-hybridized carbons (Fsp3) is 0.261. The van der Waals surface area contributed by atoms with Crippen LogP contribution in [0.25, 0.3) is 11.3 Å². The summed E-state index contributed by atoms with van der Waals surface area (Å²) in [5.74, 6) is -0.986. The van der Waals surface area contributed by atoms with Gasteiger partial charge in [-0.05, 0) is 51.8 Å². The molecule has 0 radical (unpaired) electrons. The second kappa shape index (κ2) is 12.1. The fourth-order valence-corrected chi connectivity index (χ4v) is 3.77. The molecule has 13 heteroatoms. The number of aliphatic carboxylic acids is 2. The number of aromatic hydroxyl groups is 1. The molecule has 2 heterocycles. The number of anilines is 1. The molecule has 0 fully saturated rings. The van der Waals surface area contributed by atoms with E-state index in [-0.39, 0.29) is 12.5 Å². The smallest absolute Gasteiger partial charge is 0.414 e. The number of hydrogen-bond acceptors (Lipinski definition) is 9. The topological polar surface area (TPSA) is 162 Å². The van der Waals surface area contributed by atoms with E-state index in [1.165, 1.54) is 7.11 Å². The van der Waals surface area contributed by atoms with Crippen LogP contribution in [0.2, 0.25) is 0 Å². The lowest BCUT2D eigenvalue weighted by Gasteiger charge is -2.14. The van der Waals surface area contributed by atoms with Crippen molar-refractivity contribution in [1.82, 2.24) is 9.55 Å². The first-order chi connectivity index (χ1) is 17.2. The summed E-state index contributed by atoms with van der Waals surface area (Å²) in [5.41, 5.74) is 2.85. The minimum absolute atomic E-state index is 0.0768. The Balaban J connectivity index is 0.000000538. The van der Waals surface area contributed by atoms with Gasteiger partial charge in [0.05, 0.1) is 30.1 Å². The highest BCUT2D eigenvalue weighted by atomic mass is 79.9. The molecule has 0 bridgehead atoms. The lowest BCUT2D eigenvalue weighted by Crippen LogP contribution is -2.11. The standard InChI is InChI=1S/C21H22BrN3O5.C2H2O4/c1-27-6-5-25-16(14-3-4-17-18(9-14)30-12-29-17)11-24-21(25)23-10-13-7-15(22)20(26)19(8-13)28-2;3-1(4)2(5)6/h3-4,7-9,11,26H,5-6,10,12H2,1-2H3,(H,23,24);(H,3,4)(H,5,6). The molecule has 1 aliphatic rings. The molecule has 0 unspecified atom stereocenters. The Labute approximate surface area is 214 Å². The van der Waals surface area contributed by atoms with Crippen LogP contribution >= 0.6 is 15.9 Å². The van der Waals surface area contributed by atoms with Gasteiger partial charge in [-0.2, -0.15) is 0 Å². The number of carboxylic acid groups (broad SMARTS) is 2. The largest absolute Gasteiger partial charge is 0.503 e. The summed E-state index contributed by atoms with van der Waals surface area (Å²) in [7, 11) is 3.19. The first-order valence-electron chi connectivity index (χ1n) is 10.4. The molecule has 1 aliphatic heterocycles. The number of nitrogens with one attached hydrogen (secondary N) is 1. The number of fused-ring (bicyclic) bond motifs is 1. The van der Waals surface area contributed by atoms with Crippen LogP contribution in [0.5, 0.6) is 23.0 Å². The Morgan fingerprint density at radius 3 is 2.53 bits per heavy atom. The summed E-state index contributed by atoms with van der Waals surface area (Å²) in [4.78, 5) is 22.8. The zero-order chi connectivity index (χ0) is 26.2. The van der Waals surface area contributed by atoms with Gasteiger partial charge in [-0.1, -0.05) is 0 Å². The number of methoxy groups -OCH3 is 2. The van der Waals surface area contributed by atoms with Gasteiger partial charge in [0.1, 0.15) is 0 Å². The Morgan fingerprint density at radius 2 is 1.86 bits per heavy atom. The average molecular weight is 566 g/mol. The third-order valence-electron chi connectivity index (χ3n) is 4.98. The number of phenols is 1. The molecule has 1 aromatic heterocycles. The number of nitrogens with zero attached hydrogens (tertiary/aromatic N) is 2. The van der Waals surface area contributed by atoms with Crippen molar-refractivity contribution >= 4 is 33.8 Å². The number of benzene rings is 2. The van der Waals surface area contributed by atoms with Crippen molar-refractivity contribution in [2.24, 2.45) is 0 Å². The quantitative estimate of drug-likeness (QED) is 0.297. The van der Waals surface area contributed by atoms with E-state index in [4.69, 9.17) is 38.7 Å². The van der Waals surface area contributed by atoms with Gasteiger partial charge in [0.25, 0.3) is 0 Å². The highest BCUT2D eigenvalue weighted by Crippen LogP contribution is 2.37. The normalized spacial score (nSPS) is 11.4. The van der Waals surface area contributed by atoms with E-state index in [0.717, 1.165) is 28.3 Å². The molecule has 192 valence electrons. The number of phenolic OH excluding ortho intramolecular Hbond substituents is 1. The number of carbonyl (C=O) groups is 2.